The van der Waals surface area contributed by atoms with Gasteiger partial charge in [0.2, 0.25) is 5.82 Å². The molecule has 0 spiro atoms. The highest BCUT2D eigenvalue weighted by atomic mass is 79.9. The van der Waals surface area contributed by atoms with Crippen LogP contribution in [0.3, 0.4) is 0 Å². The Morgan fingerprint density at radius 3 is 3.06 bits per heavy atom. The van der Waals surface area contributed by atoms with Gasteiger partial charge in [-0.2, -0.15) is 4.98 Å². The summed E-state index contributed by atoms with van der Waals surface area (Å²) in [6.07, 6.45) is 1.18. The van der Waals surface area contributed by atoms with Crippen LogP contribution in [0.4, 0.5) is 0 Å². The van der Waals surface area contributed by atoms with Gasteiger partial charge in [-0.15, -0.1) is 0 Å². The van der Waals surface area contributed by atoms with Crippen LogP contribution >= 0.6 is 15.9 Å². The number of aliphatic hydroxyl groups excluding tert-OH is 1. The molecule has 2 rings (SSSR count). The van der Waals surface area contributed by atoms with Crippen molar-refractivity contribution >= 4 is 15.9 Å². The van der Waals surface area contributed by atoms with E-state index in [1.54, 1.807) is 12.3 Å². The Hall–Kier alpha value is -1.31. The average molecular weight is 299 g/mol. The lowest BCUT2D eigenvalue weighted by molar-refractivity contribution is 0.127. The smallest absolute Gasteiger partial charge is 0.255 e. The van der Waals surface area contributed by atoms with Gasteiger partial charge in [-0.25, -0.2) is 0 Å². The zero-order valence-electron chi connectivity index (χ0n) is 8.88. The molecule has 0 fully saturated rings. The van der Waals surface area contributed by atoms with E-state index in [9.17, 15) is 5.11 Å². The average Bonchev–Trinajstić information content (AvgIpc) is 2.79. The number of hydrogen-bond acceptors (Lipinski definition) is 6. The third-order valence-electron chi connectivity index (χ3n) is 2.14. The number of rotatable bonds is 4. The second kappa shape index (κ2) is 5.35. The van der Waals surface area contributed by atoms with Crippen molar-refractivity contribution < 1.29 is 9.63 Å². The highest BCUT2D eigenvalue weighted by Crippen LogP contribution is 2.24. The van der Waals surface area contributed by atoms with Crippen LogP contribution in [0.15, 0.2) is 27.3 Å². The van der Waals surface area contributed by atoms with Gasteiger partial charge in [-0.05, 0) is 41.0 Å². The standard InChI is InChI=1S/C10H11BrN4O2/c11-6-2-1-5-13-8(6)9-14-10(17-15-9)7(16)3-4-12/h1-2,5,7,16H,3-4,12H2/t7-/m0/s1. The van der Waals surface area contributed by atoms with Gasteiger partial charge in [0, 0.05) is 10.7 Å². The number of nitrogens with two attached hydrogens (primary N) is 1. The largest absolute Gasteiger partial charge is 0.383 e. The van der Waals surface area contributed by atoms with Gasteiger partial charge in [0.1, 0.15) is 11.8 Å². The van der Waals surface area contributed by atoms with Crippen molar-refractivity contribution in [2.24, 2.45) is 5.73 Å². The number of aliphatic hydroxyl groups is 1. The van der Waals surface area contributed by atoms with Gasteiger partial charge in [-0.1, -0.05) is 5.16 Å². The Morgan fingerprint density at radius 1 is 1.53 bits per heavy atom. The molecule has 90 valence electrons. The molecule has 6 nitrogen and oxygen atoms in total. The summed E-state index contributed by atoms with van der Waals surface area (Å²) in [6.45, 7) is 0.353. The molecule has 2 aromatic rings. The van der Waals surface area contributed by atoms with Crippen molar-refractivity contribution in [3.8, 4) is 11.5 Å². The van der Waals surface area contributed by atoms with Gasteiger partial charge in [0.05, 0.1) is 0 Å². The fraction of sp³-hybridized carbons (Fsp3) is 0.300. The number of halogens is 1. The van der Waals surface area contributed by atoms with Gasteiger partial charge >= 0.3 is 0 Å². The molecule has 0 aliphatic heterocycles. The molecule has 0 aliphatic rings. The summed E-state index contributed by atoms with van der Waals surface area (Å²) in [5, 5.41) is 13.4. The Kier molecular flexibility index (Phi) is 3.82. The van der Waals surface area contributed by atoms with E-state index in [0.29, 0.717) is 24.5 Å². The van der Waals surface area contributed by atoms with Gasteiger partial charge in [-0.3, -0.25) is 4.98 Å². The van der Waals surface area contributed by atoms with Gasteiger partial charge in [0.15, 0.2) is 0 Å². The van der Waals surface area contributed by atoms with Crippen molar-refractivity contribution in [2.75, 3.05) is 6.54 Å². The SMILES string of the molecule is NCC[C@H](O)c1nc(-c2ncccc2Br)no1. The minimum Gasteiger partial charge on any atom is -0.383 e. The molecule has 17 heavy (non-hydrogen) atoms. The summed E-state index contributed by atoms with van der Waals surface area (Å²) in [6, 6.07) is 3.62. The predicted molar refractivity (Wildman–Crippen MR) is 63.9 cm³/mol. The third-order valence-corrected chi connectivity index (χ3v) is 2.78. The Balaban J connectivity index is 2.27. The first-order valence-corrected chi connectivity index (χ1v) is 5.84. The summed E-state index contributed by atoms with van der Waals surface area (Å²) >= 11 is 3.34. The number of aromatic nitrogens is 3. The zero-order valence-corrected chi connectivity index (χ0v) is 10.5. The molecule has 0 saturated heterocycles. The Bertz CT molecular complexity index is 503. The third kappa shape index (κ3) is 2.68. The van der Waals surface area contributed by atoms with Crippen molar-refractivity contribution in [1.82, 2.24) is 15.1 Å². The van der Waals surface area contributed by atoms with Crippen LogP contribution in [0.1, 0.15) is 18.4 Å². The van der Waals surface area contributed by atoms with E-state index in [4.69, 9.17) is 10.3 Å². The first-order valence-electron chi connectivity index (χ1n) is 5.05. The lowest BCUT2D eigenvalue weighted by Gasteiger charge is -2.01. The predicted octanol–water partition coefficient (Wildman–Crippen LogP) is 1.28. The van der Waals surface area contributed by atoms with E-state index >= 15 is 0 Å². The van der Waals surface area contributed by atoms with Crippen LogP contribution in [-0.4, -0.2) is 26.8 Å². The Labute approximate surface area is 106 Å². The molecule has 0 unspecified atom stereocenters. The van der Waals surface area contributed by atoms with Crippen LogP contribution in [0, 0.1) is 0 Å². The molecule has 7 heteroatoms. The molecular formula is C10H11BrN4O2. The highest BCUT2D eigenvalue weighted by molar-refractivity contribution is 9.10. The molecule has 0 bridgehead atoms. The Morgan fingerprint density at radius 2 is 2.35 bits per heavy atom. The van der Waals surface area contributed by atoms with Gasteiger partial charge < -0.3 is 15.4 Å². The van der Waals surface area contributed by atoms with Crippen LogP contribution in [0.2, 0.25) is 0 Å². The number of hydrogen-bond donors (Lipinski definition) is 2. The topological polar surface area (TPSA) is 98.1 Å². The molecule has 0 radical (unpaired) electrons. The van der Waals surface area contributed by atoms with E-state index in [1.165, 1.54) is 0 Å². The van der Waals surface area contributed by atoms with Crippen LogP contribution in [-0.2, 0) is 0 Å². The summed E-state index contributed by atoms with van der Waals surface area (Å²) in [5.41, 5.74) is 5.91. The lowest BCUT2D eigenvalue weighted by atomic mass is 10.2. The van der Waals surface area contributed by atoms with Gasteiger partial charge in [0.25, 0.3) is 5.89 Å². The molecule has 0 amide bonds. The first-order chi connectivity index (χ1) is 8.22. The van der Waals surface area contributed by atoms with Crippen molar-refractivity contribution in [2.45, 2.75) is 12.5 Å². The van der Waals surface area contributed by atoms with E-state index in [0.717, 1.165) is 4.47 Å². The summed E-state index contributed by atoms with van der Waals surface area (Å²) in [4.78, 5) is 8.21. The molecule has 2 heterocycles. The number of pyridine rings is 1. The normalized spacial score (nSPS) is 12.6. The minimum atomic E-state index is -0.830. The first kappa shape index (κ1) is 12.2. The summed E-state index contributed by atoms with van der Waals surface area (Å²) < 4.78 is 5.73. The quantitative estimate of drug-likeness (QED) is 0.882. The highest BCUT2D eigenvalue weighted by Gasteiger charge is 2.17. The van der Waals surface area contributed by atoms with Crippen LogP contribution in [0.25, 0.3) is 11.5 Å². The molecule has 2 aromatic heterocycles. The van der Waals surface area contributed by atoms with Crippen molar-refractivity contribution in [3.63, 3.8) is 0 Å². The molecule has 3 N–H and O–H groups in total. The maximum Gasteiger partial charge on any atom is 0.255 e. The molecular weight excluding hydrogens is 288 g/mol. The second-order valence-electron chi connectivity index (χ2n) is 3.38. The van der Waals surface area contributed by atoms with Crippen LogP contribution in [0.5, 0.6) is 0 Å². The van der Waals surface area contributed by atoms with E-state index < -0.39 is 6.10 Å². The van der Waals surface area contributed by atoms with Crippen LogP contribution < -0.4 is 5.73 Å². The monoisotopic (exact) mass is 298 g/mol. The van der Waals surface area contributed by atoms with Crippen molar-refractivity contribution in [1.29, 1.82) is 0 Å². The summed E-state index contributed by atoms with van der Waals surface area (Å²) in [7, 11) is 0. The molecule has 1 atom stereocenters. The van der Waals surface area contributed by atoms with E-state index in [2.05, 4.69) is 31.1 Å². The number of nitrogens with zero attached hydrogens (tertiary/aromatic N) is 3. The summed E-state index contributed by atoms with van der Waals surface area (Å²) in [5.74, 6) is 0.492. The molecule has 0 aromatic carbocycles. The lowest BCUT2D eigenvalue weighted by Crippen LogP contribution is -2.06. The fourth-order valence-electron chi connectivity index (χ4n) is 1.30. The fourth-order valence-corrected chi connectivity index (χ4v) is 1.73. The minimum absolute atomic E-state index is 0.156. The maximum atomic E-state index is 9.64. The van der Waals surface area contributed by atoms with E-state index in [-0.39, 0.29) is 5.89 Å². The second-order valence-corrected chi connectivity index (χ2v) is 4.24. The molecule has 0 aliphatic carbocycles. The van der Waals surface area contributed by atoms with E-state index in [1.807, 2.05) is 6.07 Å². The van der Waals surface area contributed by atoms with Crippen molar-refractivity contribution in [3.05, 3.63) is 28.7 Å². The molecule has 0 saturated carbocycles. The maximum absolute atomic E-state index is 9.64. The zero-order chi connectivity index (χ0) is 12.3.